The fourth-order valence-electron chi connectivity index (χ4n) is 2.53. The number of rotatable bonds is 6. The molecule has 3 heterocycles. The molecule has 4 rings (SSSR count). The maximum Gasteiger partial charge on any atom is 0.242 e. The summed E-state index contributed by atoms with van der Waals surface area (Å²) in [6, 6.07) is 10.5. The summed E-state index contributed by atoms with van der Waals surface area (Å²) in [4.78, 5) is 1.17. The average Bonchev–Trinajstić information content (AvgIpc) is 3.36. The second-order valence-electron chi connectivity index (χ2n) is 5.26. The van der Waals surface area contributed by atoms with Crippen molar-refractivity contribution in [2.24, 2.45) is 0 Å². The number of hydrogen-bond donors (Lipinski definition) is 1. The van der Waals surface area contributed by atoms with Gasteiger partial charge in [-0.25, -0.2) is 13.1 Å². The van der Waals surface area contributed by atoms with Crippen molar-refractivity contribution in [3.8, 4) is 0 Å². The number of fused-ring (bicyclic) bond motifs is 1. The highest BCUT2D eigenvalue weighted by Gasteiger charge is 2.23. The van der Waals surface area contributed by atoms with Gasteiger partial charge in [-0.05, 0) is 29.6 Å². The van der Waals surface area contributed by atoms with Gasteiger partial charge in [0.1, 0.15) is 15.9 Å². The number of sulfonamides is 1. The van der Waals surface area contributed by atoms with E-state index < -0.39 is 10.0 Å². The van der Waals surface area contributed by atoms with Gasteiger partial charge in [-0.2, -0.15) is 13.8 Å². The highest BCUT2D eigenvalue weighted by Crippen LogP contribution is 2.24. The predicted octanol–water partition coefficient (Wildman–Crippen LogP) is 2.52. The summed E-state index contributed by atoms with van der Waals surface area (Å²) in [5.41, 5.74) is 0.974. The lowest BCUT2D eigenvalue weighted by molar-refractivity contribution is 0.511. The molecule has 0 amide bonds. The molecule has 128 valence electrons. The van der Waals surface area contributed by atoms with E-state index in [9.17, 15) is 8.42 Å². The van der Waals surface area contributed by atoms with Crippen LogP contribution in [0.4, 0.5) is 0 Å². The van der Waals surface area contributed by atoms with Crippen LogP contribution in [-0.4, -0.2) is 33.5 Å². The lowest BCUT2D eigenvalue weighted by Gasteiger charge is -2.17. The van der Waals surface area contributed by atoms with Crippen LogP contribution < -0.4 is 4.72 Å². The maximum absolute atomic E-state index is 12.8. The summed E-state index contributed by atoms with van der Waals surface area (Å²) in [5, 5.41) is 6.22. The molecule has 0 bridgehead atoms. The maximum atomic E-state index is 12.8. The second-order valence-corrected chi connectivity index (χ2v) is 8.50. The molecule has 0 saturated heterocycles. The largest absolute Gasteiger partial charge is 0.263 e. The van der Waals surface area contributed by atoms with Crippen LogP contribution in [0, 0.1) is 0 Å². The standard InChI is InChI=1S/C15H13N5O2S3/c21-25(22,14-6-1-4-11-15(14)19-24-18-11)17-10-12(13-5-2-9-23-13)20-8-3-7-16-20/h1-9,12,17H,10H2. The van der Waals surface area contributed by atoms with Crippen LogP contribution >= 0.6 is 23.1 Å². The minimum absolute atomic E-state index is 0.143. The molecule has 7 nitrogen and oxygen atoms in total. The van der Waals surface area contributed by atoms with E-state index in [0.717, 1.165) is 16.6 Å². The van der Waals surface area contributed by atoms with Crippen molar-refractivity contribution in [1.82, 2.24) is 23.2 Å². The van der Waals surface area contributed by atoms with Crippen LogP contribution in [0.5, 0.6) is 0 Å². The zero-order valence-electron chi connectivity index (χ0n) is 12.8. The molecule has 0 aliphatic rings. The van der Waals surface area contributed by atoms with E-state index in [-0.39, 0.29) is 17.5 Å². The zero-order valence-corrected chi connectivity index (χ0v) is 15.3. The van der Waals surface area contributed by atoms with Crippen LogP contribution in [0.2, 0.25) is 0 Å². The van der Waals surface area contributed by atoms with E-state index in [1.165, 1.54) is 0 Å². The second kappa shape index (κ2) is 6.64. The molecule has 1 atom stereocenters. The minimum Gasteiger partial charge on any atom is -0.263 e. The minimum atomic E-state index is -3.72. The third-order valence-corrected chi connectivity index (χ3v) is 6.69. The Balaban J connectivity index is 1.63. The molecule has 0 aliphatic carbocycles. The van der Waals surface area contributed by atoms with Gasteiger partial charge in [-0.1, -0.05) is 12.1 Å². The summed E-state index contributed by atoms with van der Waals surface area (Å²) in [7, 11) is -3.72. The molecular weight excluding hydrogens is 378 g/mol. The first-order chi connectivity index (χ1) is 12.1. The van der Waals surface area contributed by atoms with Gasteiger partial charge in [0.15, 0.2) is 0 Å². The van der Waals surface area contributed by atoms with E-state index >= 15 is 0 Å². The van der Waals surface area contributed by atoms with Gasteiger partial charge in [0.2, 0.25) is 10.0 Å². The molecule has 25 heavy (non-hydrogen) atoms. The van der Waals surface area contributed by atoms with Gasteiger partial charge in [0.05, 0.1) is 17.8 Å². The SMILES string of the molecule is O=S(=O)(NCC(c1cccs1)n1cccn1)c1cccc2nsnc12. The molecule has 0 aliphatic heterocycles. The van der Waals surface area contributed by atoms with E-state index in [4.69, 9.17) is 0 Å². The normalized spacial score (nSPS) is 13.3. The predicted molar refractivity (Wildman–Crippen MR) is 97.3 cm³/mol. The van der Waals surface area contributed by atoms with Crippen molar-refractivity contribution in [2.45, 2.75) is 10.9 Å². The molecule has 0 radical (unpaired) electrons. The average molecular weight is 392 g/mol. The Labute approximate surface area is 152 Å². The lowest BCUT2D eigenvalue weighted by atomic mass is 10.2. The first kappa shape index (κ1) is 16.3. The molecule has 0 fully saturated rings. The highest BCUT2D eigenvalue weighted by atomic mass is 32.2. The summed E-state index contributed by atoms with van der Waals surface area (Å²) in [6.45, 7) is 0.193. The van der Waals surface area contributed by atoms with Gasteiger partial charge in [0, 0.05) is 23.8 Å². The Morgan fingerprint density at radius 2 is 2.08 bits per heavy atom. The Kier molecular flexibility index (Phi) is 4.34. The number of thiophene rings is 1. The van der Waals surface area contributed by atoms with Crippen molar-refractivity contribution < 1.29 is 8.42 Å². The third-order valence-electron chi connectivity index (χ3n) is 3.72. The summed E-state index contributed by atoms with van der Waals surface area (Å²) < 4.78 is 38.2. The van der Waals surface area contributed by atoms with Crippen LogP contribution in [0.1, 0.15) is 10.9 Å². The quantitative estimate of drug-likeness (QED) is 0.545. The van der Waals surface area contributed by atoms with E-state index in [1.807, 2.05) is 29.8 Å². The Hall–Kier alpha value is -2.14. The fraction of sp³-hybridized carbons (Fsp3) is 0.133. The van der Waals surface area contributed by atoms with Gasteiger partial charge in [0.25, 0.3) is 0 Å². The van der Waals surface area contributed by atoms with Gasteiger partial charge < -0.3 is 0 Å². The molecule has 0 spiro atoms. The van der Waals surface area contributed by atoms with E-state index in [2.05, 4.69) is 18.6 Å². The van der Waals surface area contributed by atoms with Crippen LogP contribution in [0.25, 0.3) is 11.0 Å². The van der Waals surface area contributed by atoms with E-state index in [0.29, 0.717) is 11.0 Å². The summed E-state index contributed by atoms with van der Waals surface area (Å²) in [6.07, 6.45) is 3.50. The van der Waals surface area contributed by atoms with Crippen LogP contribution in [0.3, 0.4) is 0 Å². The number of benzene rings is 1. The number of aromatic nitrogens is 4. The summed E-state index contributed by atoms with van der Waals surface area (Å²) >= 11 is 2.56. The molecule has 1 aromatic carbocycles. The number of nitrogens with one attached hydrogen (secondary N) is 1. The molecular formula is C15H13N5O2S3. The van der Waals surface area contributed by atoms with E-state index in [1.54, 1.807) is 40.4 Å². The van der Waals surface area contributed by atoms with Crippen LogP contribution in [0.15, 0.2) is 59.1 Å². The number of hydrogen-bond acceptors (Lipinski definition) is 7. The van der Waals surface area contributed by atoms with Crippen molar-refractivity contribution in [2.75, 3.05) is 6.54 Å². The van der Waals surface area contributed by atoms with Crippen molar-refractivity contribution in [3.05, 3.63) is 59.0 Å². The van der Waals surface area contributed by atoms with Gasteiger partial charge >= 0.3 is 0 Å². The number of nitrogens with zero attached hydrogens (tertiary/aromatic N) is 4. The summed E-state index contributed by atoms with van der Waals surface area (Å²) in [5.74, 6) is 0. The monoisotopic (exact) mass is 391 g/mol. The highest BCUT2D eigenvalue weighted by molar-refractivity contribution is 7.89. The Morgan fingerprint density at radius 1 is 1.16 bits per heavy atom. The third kappa shape index (κ3) is 3.21. The lowest BCUT2D eigenvalue weighted by Crippen LogP contribution is -2.31. The fourth-order valence-corrected chi connectivity index (χ4v) is 5.16. The molecule has 1 unspecified atom stereocenters. The molecule has 10 heteroatoms. The van der Waals surface area contributed by atoms with Gasteiger partial charge in [-0.15, -0.1) is 11.3 Å². The van der Waals surface area contributed by atoms with Crippen molar-refractivity contribution in [3.63, 3.8) is 0 Å². The Morgan fingerprint density at radius 3 is 2.84 bits per heavy atom. The van der Waals surface area contributed by atoms with Crippen molar-refractivity contribution >= 4 is 44.1 Å². The first-order valence-electron chi connectivity index (χ1n) is 7.38. The molecule has 4 aromatic rings. The first-order valence-corrected chi connectivity index (χ1v) is 10.5. The smallest absolute Gasteiger partial charge is 0.242 e. The molecule has 0 saturated carbocycles. The van der Waals surface area contributed by atoms with Crippen molar-refractivity contribution in [1.29, 1.82) is 0 Å². The van der Waals surface area contributed by atoms with Crippen LogP contribution in [-0.2, 0) is 10.0 Å². The molecule has 1 N–H and O–H groups in total. The molecule has 3 aromatic heterocycles. The zero-order chi connectivity index (χ0) is 17.3. The Bertz CT molecular complexity index is 1040. The van der Waals surface area contributed by atoms with Gasteiger partial charge in [-0.3, -0.25) is 4.68 Å². The topological polar surface area (TPSA) is 89.8 Å².